The minimum absolute atomic E-state index is 0.181. The molecule has 2 N–H and O–H groups in total. The first-order valence-corrected chi connectivity index (χ1v) is 5.75. The highest BCUT2D eigenvalue weighted by Gasteiger charge is 2.37. The molecule has 1 aliphatic rings. The van der Waals surface area contributed by atoms with Crippen LogP contribution in [0.1, 0.15) is 19.3 Å². The molecule has 4 atom stereocenters. The highest BCUT2D eigenvalue weighted by Crippen LogP contribution is 2.23. The van der Waals surface area contributed by atoms with Gasteiger partial charge in [-0.15, -0.1) is 0 Å². The number of aliphatic hydroxyl groups is 2. The van der Waals surface area contributed by atoms with Gasteiger partial charge in [0.15, 0.2) is 6.29 Å². The number of methoxy groups -OCH3 is 1. The van der Waals surface area contributed by atoms with Crippen LogP contribution in [-0.2, 0) is 19.0 Å². The first-order valence-electron chi connectivity index (χ1n) is 5.75. The Morgan fingerprint density at radius 2 is 2.29 bits per heavy atom. The van der Waals surface area contributed by atoms with Gasteiger partial charge in [-0.3, -0.25) is 0 Å². The maximum Gasteiger partial charge on any atom is 0.184 e. The fraction of sp³-hybridized carbons (Fsp3) is 0.909. The Labute approximate surface area is 100 Å². The quantitative estimate of drug-likeness (QED) is 0.465. The zero-order chi connectivity index (χ0) is 12.7. The van der Waals surface area contributed by atoms with E-state index in [1.165, 1.54) is 7.11 Å². The van der Waals surface area contributed by atoms with Crippen molar-refractivity contribution < 1.29 is 29.2 Å². The molecule has 0 aliphatic carbocycles. The summed E-state index contributed by atoms with van der Waals surface area (Å²) < 4.78 is 15.8. The summed E-state index contributed by atoms with van der Waals surface area (Å²) in [6.45, 7) is 0.162. The third-order valence-electron chi connectivity index (χ3n) is 2.74. The molecule has 1 aliphatic heterocycles. The molecule has 1 rings (SSSR count). The van der Waals surface area contributed by atoms with Crippen LogP contribution in [0.4, 0.5) is 0 Å². The molecule has 3 unspecified atom stereocenters. The Kier molecular flexibility index (Phi) is 6.61. The normalized spacial score (nSPS) is 33.6. The Morgan fingerprint density at radius 3 is 2.88 bits per heavy atom. The number of hydrogen-bond acceptors (Lipinski definition) is 6. The van der Waals surface area contributed by atoms with E-state index in [4.69, 9.17) is 19.3 Å². The minimum Gasteiger partial charge on any atom is -0.394 e. The topological polar surface area (TPSA) is 85.2 Å². The molecule has 0 bridgehead atoms. The van der Waals surface area contributed by atoms with E-state index in [-0.39, 0.29) is 12.7 Å². The number of hydrogen-bond donors (Lipinski definition) is 2. The standard InChI is InChI=1S/C11H20O6/c1-15-9-6-8(14)11(17-10(9)7-13)16-5-3-2-4-12/h4,8-11,13-14H,2-3,5-7H2,1H3/t8?,9-,10?,11?/m0/s1. The van der Waals surface area contributed by atoms with Crippen molar-refractivity contribution in [2.75, 3.05) is 20.3 Å². The van der Waals surface area contributed by atoms with Crippen LogP contribution in [0.2, 0.25) is 0 Å². The molecule has 0 aromatic heterocycles. The molecule has 6 heteroatoms. The summed E-state index contributed by atoms with van der Waals surface area (Å²) >= 11 is 0. The van der Waals surface area contributed by atoms with Crippen molar-refractivity contribution in [2.45, 2.75) is 43.9 Å². The molecule has 6 nitrogen and oxygen atoms in total. The molecule has 0 radical (unpaired) electrons. The van der Waals surface area contributed by atoms with E-state index in [1.807, 2.05) is 0 Å². The van der Waals surface area contributed by atoms with Gasteiger partial charge in [-0.05, 0) is 6.42 Å². The van der Waals surface area contributed by atoms with E-state index in [9.17, 15) is 9.90 Å². The van der Waals surface area contributed by atoms with Crippen LogP contribution in [0.15, 0.2) is 0 Å². The van der Waals surface area contributed by atoms with Crippen LogP contribution in [0.5, 0.6) is 0 Å². The van der Waals surface area contributed by atoms with Gasteiger partial charge in [-0.2, -0.15) is 0 Å². The van der Waals surface area contributed by atoms with E-state index in [0.29, 0.717) is 25.9 Å². The second-order valence-corrected chi connectivity index (χ2v) is 3.98. The van der Waals surface area contributed by atoms with E-state index in [0.717, 1.165) is 6.29 Å². The van der Waals surface area contributed by atoms with Crippen molar-refractivity contribution >= 4 is 6.29 Å². The van der Waals surface area contributed by atoms with Gasteiger partial charge in [-0.1, -0.05) is 0 Å². The number of carbonyl (C=O) groups is 1. The summed E-state index contributed by atoms with van der Waals surface area (Å²) in [5.74, 6) is 0. The molecule has 0 spiro atoms. The summed E-state index contributed by atoms with van der Waals surface area (Å²) in [5.41, 5.74) is 0. The van der Waals surface area contributed by atoms with E-state index in [2.05, 4.69) is 0 Å². The van der Waals surface area contributed by atoms with Gasteiger partial charge >= 0.3 is 0 Å². The van der Waals surface area contributed by atoms with Gasteiger partial charge in [-0.25, -0.2) is 0 Å². The molecule has 0 aromatic carbocycles. The molecular weight excluding hydrogens is 228 g/mol. The largest absolute Gasteiger partial charge is 0.394 e. The van der Waals surface area contributed by atoms with Gasteiger partial charge in [0.1, 0.15) is 18.5 Å². The maximum atomic E-state index is 10.1. The van der Waals surface area contributed by atoms with Crippen LogP contribution >= 0.6 is 0 Å². The van der Waals surface area contributed by atoms with Crippen molar-refractivity contribution in [3.8, 4) is 0 Å². The molecule has 100 valence electrons. The smallest absolute Gasteiger partial charge is 0.184 e. The first-order chi connectivity index (χ1) is 8.22. The number of aldehydes is 1. The monoisotopic (exact) mass is 248 g/mol. The SMILES string of the molecule is CO[C@H]1CC(O)C(OCCCC=O)OC1CO. The predicted octanol–water partition coefficient (Wildman–Crippen LogP) is -0.535. The van der Waals surface area contributed by atoms with Gasteiger partial charge < -0.3 is 29.2 Å². The first kappa shape index (κ1) is 14.5. The third-order valence-corrected chi connectivity index (χ3v) is 2.74. The molecule has 0 saturated carbocycles. The number of ether oxygens (including phenoxy) is 3. The molecule has 1 saturated heterocycles. The van der Waals surface area contributed by atoms with Gasteiger partial charge in [0, 0.05) is 20.0 Å². The summed E-state index contributed by atoms with van der Waals surface area (Å²) in [5, 5.41) is 18.9. The zero-order valence-electron chi connectivity index (χ0n) is 9.95. The molecule has 17 heavy (non-hydrogen) atoms. The van der Waals surface area contributed by atoms with Crippen LogP contribution in [-0.4, -0.2) is 61.4 Å². The Balaban J connectivity index is 2.36. The average molecular weight is 248 g/mol. The van der Waals surface area contributed by atoms with E-state index < -0.39 is 18.5 Å². The van der Waals surface area contributed by atoms with Gasteiger partial charge in [0.2, 0.25) is 0 Å². The zero-order valence-corrected chi connectivity index (χ0v) is 9.95. The van der Waals surface area contributed by atoms with E-state index >= 15 is 0 Å². The summed E-state index contributed by atoms with van der Waals surface area (Å²) in [4.78, 5) is 10.1. The minimum atomic E-state index is -0.779. The van der Waals surface area contributed by atoms with Gasteiger partial charge in [0.05, 0.1) is 19.3 Å². The molecule has 0 aromatic rings. The van der Waals surface area contributed by atoms with Crippen LogP contribution in [0.25, 0.3) is 0 Å². The number of carbonyl (C=O) groups excluding carboxylic acids is 1. The molecular formula is C11H20O6. The summed E-state index contributed by atoms with van der Waals surface area (Å²) in [7, 11) is 1.51. The lowest BCUT2D eigenvalue weighted by molar-refractivity contribution is -0.273. The summed E-state index contributed by atoms with van der Waals surface area (Å²) in [6.07, 6.45) is -0.159. The van der Waals surface area contributed by atoms with Crippen molar-refractivity contribution in [3.05, 3.63) is 0 Å². The lowest BCUT2D eigenvalue weighted by Crippen LogP contribution is -2.50. The number of unbranched alkanes of at least 4 members (excludes halogenated alkanes) is 1. The van der Waals surface area contributed by atoms with Crippen molar-refractivity contribution in [1.82, 2.24) is 0 Å². The van der Waals surface area contributed by atoms with Crippen molar-refractivity contribution in [2.24, 2.45) is 0 Å². The number of aliphatic hydroxyl groups excluding tert-OH is 2. The average Bonchev–Trinajstić information content (AvgIpc) is 2.35. The fourth-order valence-electron chi connectivity index (χ4n) is 1.78. The van der Waals surface area contributed by atoms with Gasteiger partial charge in [0.25, 0.3) is 0 Å². The van der Waals surface area contributed by atoms with E-state index in [1.54, 1.807) is 0 Å². The van der Waals surface area contributed by atoms with Crippen molar-refractivity contribution in [1.29, 1.82) is 0 Å². The highest BCUT2D eigenvalue weighted by molar-refractivity contribution is 5.48. The Bertz CT molecular complexity index is 222. The Hall–Kier alpha value is -0.530. The van der Waals surface area contributed by atoms with Crippen LogP contribution in [0.3, 0.4) is 0 Å². The van der Waals surface area contributed by atoms with Crippen molar-refractivity contribution in [3.63, 3.8) is 0 Å². The lowest BCUT2D eigenvalue weighted by atomic mass is 10.0. The maximum absolute atomic E-state index is 10.1. The fourth-order valence-corrected chi connectivity index (χ4v) is 1.78. The lowest BCUT2D eigenvalue weighted by Gasteiger charge is -2.37. The third kappa shape index (κ3) is 4.33. The van der Waals surface area contributed by atoms with Crippen LogP contribution < -0.4 is 0 Å². The predicted molar refractivity (Wildman–Crippen MR) is 58.4 cm³/mol. The second kappa shape index (κ2) is 7.73. The van der Waals surface area contributed by atoms with Crippen LogP contribution in [0, 0.1) is 0 Å². The molecule has 1 heterocycles. The molecule has 0 amide bonds. The second-order valence-electron chi connectivity index (χ2n) is 3.98. The number of rotatable bonds is 7. The molecule has 1 fully saturated rings. The summed E-state index contributed by atoms with van der Waals surface area (Å²) in [6, 6.07) is 0. The Morgan fingerprint density at radius 1 is 1.53 bits per heavy atom. The highest BCUT2D eigenvalue weighted by atomic mass is 16.7.